The van der Waals surface area contributed by atoms with E-state index in [-0.39, 0.29) is 18.3 Å². The zero-order valence-electron chi connectivity index (χ0n) is 15.1. The number of nitrogens with one attached hydrogen (secondary N) is 1. The van der Waals surface area contributed by atoms with E-state index in [0.29, 0.717) is 11.7 Å². The number of carbonyl (C=O) groups excluding carboxylic acids is 1. The van der Waals surface area contributed by atoms with Crippen molar-refractivity contribution in [3.8, 4) is 0 Å². The summed E-state index contributed by atoms with van der Waals surface area (Å²) in [6.07, 6.45) is 2.14. The summed E-state index contributed by atoms with van der Waals surface area (Å²) in [7, 11) is 2.13. The van der Waals surface area contributed by atoms with Gasteiger partial charge in [-0.1, -0.05) is 12.1 Å². The van der Waals surface area contributed by atoms with Crippen LogP contribution in [0, 0.1) is 19.7 Å². The highest BCUT2D eigenvalue weighted by molar-refractivity contribution is 5.93. The lowest BCUT2D eigenvalue weighted by Gasteiger charge is -2.31. The molecule has 25 heavy (non-hydrogen) atoms. The van der Waals surface area contributed by atoms with Gasteiger partial charge in [0.1, 0.15) is 17.3 Å². The molecule has 0 unspecified atom stereocenters. The number of aromatic nitrogens is 2. The predicted octanol–water partition coefficient (Wildman–Crippen LogP) is 2.84. The summed E-state index contributed by atoms with van der Waals surface area (Å²) >= 11 is 0. The molecule has 1 aromatic carbocycles. The fourth-order valence-electron chi connectivity index (χ4n) is 3.57. The summed E-state index contributed by atoms with van der Waals surface area (Å²) in [5.41, 5.74) is 2.11. The summed E-state index contributed by atoms with van der Waals surface area (Å²) in [6.45, 7) is 6.31. The third kappa shape index (κ3) is 3.90. The molecule has 1 N–H and O–H groups in total. The van der Waals surface area contributed by atoms with Gasteiger partial charge in [-0.3, -0.25) is 4.79 Å². The number of aryl methyl sites for hydroxylation is 1. The highest BCUT2D eigenvalue weighted by Crippen LogP contribution is 2.26. The molecule has 6 heteroatoms. The van der Waals surface area contributed by atoms with E-state index in [1.54, 1.807) is 12.1 Å². The van der Waals surface area contributed by atoms with Crippen LogP contribution in [0.1, 0.15) is 46.5 Å². The minimum Gasteiger partial charge on any atom is -0.347 e. The minimum atomic E-state index is -0.301. The lowest BCUT2D eigenvalue weighted by atomic mass is 10.0. The molecule has 3 rings (SSSR count). The van der Waals surface area contributed by atoms with Gasteiger partial charge in [-0.05, 0) is 64.5 Å². The Labute approximate surface area is 147 Å². The highest BCUT2D eigenvalue weighted by Gasteiger charge is 2.25. The van der Waals surface area contributed by atoms with Crippen molar-refractivity contribution in [1.29, 1.82) is 0 Å². The van der Waals surface area contributed by atoms with Crippen molar-refractivity contribution in [1.82, 2.24) is 19.8 Å². The first-order valence-electron chi connectivity index (χ1n) is 8.72. The topological polar surface area (TPSA) is 50.2 Å². The van der Waals surface area contributed by atoms with Gasteiger partial charge < -0.3 is 14.8 Å². The number of amides is 1. The minimum absolute atomic E-state index is 0.212. The SMILES string of the molecule is Cc1nc(C(=O)NCc2cccc(F)c2)c(C)n1C1CCN(C)CC1. The Morgan fingerprint density at radius 3 is 2.72 bits per heavy atom. The molecule has 0 saturated carbocycles. The number of imidazole rings is 1. The maximum atomic E-state index is 13.2. The van der Waals surface area contributed by atoms with Crippen LogP contribution in [0.3, 0.4) is 0 Å². The van der Waals surface area contributed by atoms with Crippen LogP contribution in [0.25, 0.3) is 0 Å². The molecule has 5 nitrogen and oxygen atoms in total. The summed E-state index contributed by atoms with van der Waals surface area (Å²) in [5.74, 6) is 0.366. The van der Waals surface area contributed by atoms with E-state index in [1.807, 2.05) is 13.8 Å². The number of benzene rings is 1. The van der Waals surface area contributed by atoms with Gasteiger partial charge in [0.05, 0.1) is 0 Å². The number of nitrogens with zero attached hydrogens (tertiary/aromatic N) is 3. The molecule has 134 valence electrons. The van der Waals surface area contributed by atoms with Crippen LogP contribution >= 0.6 is 0 Å². The molecule has 2 heterocycles. The molecule has 1 amide bonds. The Morgan fingerprint density at radius 1 is 1.32 bits per heavy atom. The molecule has 0 bridgehead atoms. The van der Waals surface area contributed by atoms with Crippen LogP contribution in [0.15, 0.2) is 24.3 Å². The summed E-state index contributed by atoms with van der Waals surface area (Å²) in [4.78, 5) is 19.4. The zero-order chi connectivity index (χ0) is 18.0. The van der Waals surface area contributed by atoms with Crippen LogP contribution in [-0.4, -0.2) is 40.5 Å². The smallest absolute Gasteiger partial charge is 0.272 e. The number of hydrogen-bond donors (Lipinski definition) is 1. The monoisotopic (exact) mass is 344 g/mol. The zero-order valence-corrected chi connectivity index (χ0v) is 15.1. The number of rotatable bonds is 4. The van der Waals surface area contributed by atoms with Crippen LogP contribution in [0.5, 0.6) is 0 Å². The Balaban J connectivity index is 1.72. The fraction of sp³-hybridized carbons (Fsp3) is 0.474. The van der Waals surface area contributed by atoms with Crippen LogP contribution < -0.4 is 5.32 Å². The number of hydrogen-bond acceptors (Lipinski definition) is 3. The molecule has 2 aromatic rings. The molecule has 0 atom stereocenters. The van der Waals surface area contributed by atoms with Crippen molar-refractivity contribution in [3.05, 3.63) is 52.9 Å². The van der Waals surface area contributed by atoms with Crippen molar-refractivity contribution in [2.24, 2.45) is 0 Å². The van der Waals surface area contributed by atoms with E-state index in [4.69, 9.17) is 0 Å². The van der Waals surface area contributed by atoms with E-state index < -0.39 is 0 Å². The molecule has 1 aromatic heterocycles. The second-order valence-electron chi connectivity index (χ2n) is 6.81. The second kappa shape index (κ2) is 7.35. The van der Waals surface area contributed by atoms with Crippen molar-refractivity contribution in [2.75, 3.05) is 20.1 Å². The molecule has 1 aliphatic heterocycles. The van der Waals surface area contributed by atoms with Gasteiger partial charge in [-0.2, -0.15) is 0 Å². The molecule has 0 radical (unpaired) electrons. The van der Waals surface area contributed by atoms with Crippen LogP contribution in [0.2, 0.25) is 0 Å². The van der Waals surface area contributed by atoms with Gasteiger partial charge in [0.2, 0.25) is 0 Å². The molecule has 0 aliphatic carbocycles. The third-order valence-electron chi connectivity index (χ3n) is 4.94. The van der Waals surface area contributed by atoms with Gasteiger partial charge in [0.25, 0.3) is 5.91 Å². The number of carbonyl (C=O) groups is 1. The Hall–Kier alpha value is -2.21. The van der Waals surface area contributed by atoms with E-state index >= 15 is 0 Å². The summed E-state index contributed by atoms with van der Waals surface area (Å²) in [6, 6.07) is 6.64. The van der Waals surface area contributed by atoms with Gasteiger partial charge in [0.15, 0.2) is 0 Å². The Bertz CT molecular complexity index is 763. The number of halogens is 1. The van der Waals surface area contributed by atoms with E-state index in [1.165, 1.54) is 12.1 Å². The quantitative estimate of drug-likeness (QED) is 0.928. The van der Waals surface area contributed by atoms with Crippen LogP contribution in [-0.2, 0) is 6.54 Å². The normalized spacial score (nSPS) is 16.2. The highest BCUT2D eigenvalue weighted by atomic mass is 19.1. The molecule has 0 spiro atoms. The van der Waals surface area contributed by atoms with Crippen molar-refractivity contribution in [2.45, 2.75) is 39.3 Å². The van der Waals surface area contributed by atoms with Crippen LogP contribution in [0.4, 0.5) is 4.39 Å². The van der Waals surface area contributed by atoms with Crippen molar-refractivity contribution < 1.29 is 9.18 Å². The average molecular weight is 344 g/mol. The van der Waals surface area contributed by atoms with Crippen molar-refractivity contribution >= 4 is 5.91 Å². The Kier molecular flexibility index (Phi) is 5.18. The van der Waals surface area contributed by atoms with Gasteiger partial charge in [-0.15, -0.1) is 0 Å². The summed E-state index contributed by atoms with van der Waals surface area (Å²) in [5, 5.41) is 2.84. The van der Waals surface area contributed by atoms with Gasteiger partial charge in [0, 0.05) is 18.3 Å². The maximum absolute atomic E-state index is 13.2. The lowest BCUT2D eigenvalue weighted by molar-refractivity contribution is 0.0945. The maximum Gasteiger partial charge on any atom is 0.272 e. The first-order chi connectivity index (χ1) is 12.0. The molecular weight excluding hydrogens is 319 g/mol. The second-order valence-corrected chi connectivity index (χ2v) is 6.81. The largest absolute Gasteiger partial charge is 0.347 e. The third-order valence-corrected chi connectivity index (χ3v) is 4.94. The molecule has 1 saturated heterocycles. The fourth-order valence-corrected chi connectivity index (χ4v) is 3.57. The van der Waals surface area contributed by atoms with E-state index in [9.17, 15) is 9.18 Å². The lowest BCUT2D eigenvalue weighted by Crippen LogP contribution is -2.32. The standard InChI is InChI=1S/C19H25FN4O/c1-13-18(19(25)21-12-15-5-4-6-16(20)11-15)22-14(2)24(13)17-7-9-23(3)10-8-17/h4-6,11,17H,7-10,12H2,1-3H3,(H,21,25). The first-order valence-corrected chi connectivity index (χ1v) is 8.72. The molecule has 1 aliphatic rings. The Morgan fingerprint density at radius 2 is 2.04 bits per heavy atom. The van der Waals surface area contributed by atoms with E-state index in [0.717, 1.165) is 43.0 Å². The average Bonchev–Trinajstić information content (AvgIpc) is 2.88. The predicted molar refractivity (Wildman–Crippen MR) is 95.0 cm³/mol. The molecular formula is C19H25FN4O. The van der Waals surface area contributed by atoms with Gasteiger partial charge >= 0.3 is 0 Å². The molecule has 1 fully saturated rings. The first kappa shape index (κ1) is 17.6. The summed E-state index contributed by atoms with van der Waals surface area (Å²) < 4.78 is 15.4. The van der Waals surface area contributed by atoms with E-state index in [2.05, 4.69) is 26.8 Å². The van der Waals surface area contributed by atoms with Crippen molar-refractivity contribution in [3.63, 3.8) is 0 Å². The number of likely N-dealkylation sites (tertiary alicyclic amines) is 1. The number of piperidine rings is 1. The van der Waals surface area contributed by atoms with Gasteiger partial charge in [-0.25, -0.2) is 9.37 Å².